The lowest BCUT2D eigenvalue weighted by atomic mass is 10.0. The molecule has 0 saturated carbocycles. The molecule has 0 aliphatic heterocycles. The fraction of sp³-hybridized carbons (Fsp3) is 0.948. The summed E-state index contributed by atoms with van der Waals surface area (Å²) in [6, 6.07) is 0. The Labute approximate surface area is 588 Å². The lowest BCUT2D eigenvalue weighted by Gasteiger charge is -2.21. The van der Waals surface area contributed by atoms with Crippen LogP contribution in [0.3, 0.4) is 0 Å². The zero-order valence-corrected chi connectivity index (χ0v) is 64.3. The van der Waals surface area contributed by atoms with Gasteiger partial charge in [0, 0.05) is 25.7 Å². The molecule has 0 spiro atoms. The van der Waals surface area contributed by atoms with E-state index in [-0.39, 0.29) is 25.7 Å². The third-order valence-electron chi connectivity index (χ3n) is 18.0. The van der Waals surface area contributed by atoms with Gasteiger partial charge in [-0.3, -0.25) is 37.3 Å². The molecule has 0 rings (SSSR count). The van der Waals surface area contributed by atoms with E-state index in [1.165, 1.54) is 231 Å². The van der Waals surface area contributed by atoms with E-state index in [0.29, 0.717) is 25.7 Å². The van der Waals surface area contributed by atoms with E-state index in [9.17, 15) is 43.2 Å². The Morgan fingerprint density at radius 3 is 0.708 bits per heavy atom. The molecule has 0 aliphatic rings. The second kappa shape index (κ2) is 70.1. The topological polar surface area (TPSA) is 237 Å². The molecular formula is C77H150O17P2. The number of carbonyl (C=O) groups is 4. The molecular weight excluding hydrogens is 1260 g/mol. The smallest absolute Gasteiger partial charge is 0.462 e. The van der Waals surface area contributed by atoms with Crippen LogP contribution in [0.4, 0.5) is 0 Å². The average Bonchev–Trinajstić information content (AvgIpc) is 1.33. The van der Waals surface area contributed by atoms with Gasteiger partial charge in [-0.2, -0.15) is 0 Å². The van der Waals surface area contributed by atoms with Gasteiger partial charge in [0.25, 0.3) is 0 Å². The molecule has 0 aromatic rings. The standard InChI is InChI=1S/C77H150O17P2/c1-6-9-12-15-18-21-24-27-30-32-35-38-41-48-53-58-63-77(82)93-72(66-87-74(79)60-55-50-45-39-36-34-31-28-25-22-19-16-13-10-7-2)68-91-95(83,84)89-64-71(78)65-90-96(85,86)92-69-73(67-88-75(80)61-56-51-46-43-42-44-49-54-59-70(4)5)94-76(81)62-57-52-47-40-37-33-29-26-23-20-17-14-11-8-3/h70-73,78H,6-69H2,1-5H3,(H,83,84)(H,85,86)/t71-,72-,73-/m1/s1. The molecule has 0 aliphatic carbocycles. The Kier molecular flexibility index (Phi) is 68.7. The summed E-state index contributed by atoms with van der Waals surface area (Å²) in [5.74, 6) is -1.38. The second-order valence-corrected chi connectivity index (χ2v) is 31.1. The van der Waals surface area contributed by atoms with Crippen molar-refractivity contribution in [3.8, 4) is 0 Å². The predicted molar refractivity (Wildman–Crippen MR) is 391 cm³/mol. The van der Waals surface area contributed by atoms with Crippen molar-refractivity contribution in [2.45, 2.75) is 425 Å². The highest BCUT2D eigenvalue weighted by atomic mass is 31.2. The minimum Gasteiger partial charge on any atom is -0.462 e. The molecule has 0 heterocycles. The van der Waals surface area contributed by atoms with E-state index in [4.69, 9.17) is 37.0 Å². The zero-order chi connectivity index (χ0) is 70.5. The Balaban J connectivity index is 5.26. The van der Waals surface area contributed by atoms with Crippen LogP contribution in [0, 0.1) is 5.92 Å². The van der Waals surface area contributed by atoms with Crippen LogP contribution >= 0.6 is 15.6 Å². The number of phosphoric acid groups is 2. The van der Waals surface area contributed by atoms with E-state index >= 15 is 0 Å². The molecule has 96 heavy (non-hydrogen) atoms. The third kappa shape index (κ3) is 70.5. The van der Waals surface area contributed by atoms with Crippen LogP contribution in [0.15, 0.2) is 0 Å². The van der Waals surface area contributed by atoms with Crippen LogP contribution in [0.2, 0.25) is 0 Å². The fourth-order valence-corrected chi connectivity index (χ4v) is 13.5. The molecule has 0 radical (unpaired) electrons. The van der Waals surface area contributed by atoms with Crippen molar-refractivity contribution in [2.24, 2.45) is 5.92 Å². The summed E-state index contributed by atoms with van der Waals surface area (Å²) in [5, 5.41) is 10.6. The van der Waals surface area contributed by atoms with Crippen LogP contribution < -0.4 is 0 Å². The molecule has 3 N–H and O–H groups in total. The first kappa shape index (κ1) is 94.1. The zero-order valence-electron chi connectivity index (χ0n) is 62.5. The Morgan fingerprint density at radius 2 is 0.479 bits per heavy atom. The Bertz CT molecular complexity index is 1840. The van der Waals surface area contributed by atoms with Gasteiger partial charge in [0.15, 0.2) is 12.2 Å². The van der Waals surface area contributed by atoms with Gasteiger partial charge >= 0.3 is 39.5 Å². The summed E-state index contributed by atoms with van der Waals surface area (Å²) in [4.78, 5) is 72.9. The van der Waals surface area contributed by atoms with Crippen LogP contribution in [-0.4, -0.2) is 96.7 Å². The summed E-state index contributed by atoms with van der Waals surface area (Å²) < 4.78 is 68.6. The lowest BCUT2D eigenvalue weighted by molar-refractivity contribution is -0.161. The maximum absolute atomic E-state index is 13.1. The first-order valence-electron chi connectivity index (χ1n) is 40.1. The van der Waals surface area contributed by atoms with Gasteiger partial charge in [0.05, 0.1) is 26.4 Å². The minimum atomic E-state index is -4.96. The molecule has 17 nitrogen and oxygen atoms in total. The molecule has 570 valence electrons. The molecule has 0 aromatic heterocycles. The predicted octanol–water partition coefficient (Wildman–Crippen LogP) is 22.9. The second-order valence-electron chi connectivity index (χ2n) is 28.2. The number of esters is 4. The van der Waals surface area contributed by atoms with Crippen molar-refractivity contribution in [2.75, 3.05) is 39.6 Å². The monoisotopic (exact) mass is 1410 g/mol. The maximum atomic E-state index is 13.1. The maximum Gasteiger partial charge on any atom is 0.472 e. The first-order valence-corrected chi connectivity index (χ1v) is 43.1. The van der Waals surface area contributed by atoms with Crippen molar-refractivity contribution in [1.82, 2.24) is 0 Å². The molecule has 0 saturated heterocycles. The average molecular weight is 1410 g/mol. The van der Waals surface area contributed by atoms with E-state index in [0.717, 1.165) is 95.8 Å². The van der Waals surface area contributed by atoms with Gasteiger partial charge in [-0.05, 0) is 31.6 Å². The van der Waals surface area contributed by atoms with Crippen LogP contribution in [0.1, 0.15) is 407 Å². The van der Waals surface area contributed by atoms with Gasteiger partial charge in [-0.1, -0.05) is 356 Å². The number of hydrogen-bond acceptors (Lipinski definition) is 15. The molecule has 2 unspecified atom stereocenters. The third-order valence-corrected chi connectivity index (χ3v) is 19.9. The van der Waals surface area contributed by atoms with Crippen LogP contribution in [0.25, 0.3) is 0 Å². The number of hydrogen-bond donors (Lipinski definition) is 3. The fourth-order valence-electron chi connectivity index (χ4n) is 11.9. The van der Waals surface area contributed by atoms with E-state index < -0.39 is 97.5 Å². The van der Waals surface area contributed by atoms with Crippen molar-refractivity contribution < 1.29 is 80.2 Å². The van der Waals surface area contributed by atoms with Crippen molar-refractivity contribution in [3.63, 3.8) is 0 Å². The normalized spacial score (nSPS) is 13.9. The summed E-state index contributed by atoms with van der Waals surface area (Å²) >= 11 is 0. The van der Waals surface area contributed by atoms with Gasteiger partial charge < -0.3 is 33.8 Å². The lowest BCUT2D eigenvalue weighted by Crippen LogP contribution is -2.30. The molecule has 0 amide bonds. The number of unbranched alkanes of at least 4 members (excludes halogenated alkanes) is 49. The van der Waals surface area contributed by atoms with Gasteiger partial charge in [-0.15, -0.1) is 0 Å². The molecule has 0 bridgehead atoms. The molecule has 19 heteroatoms. The number of rotatable bonds is 77. The number of carbonyl (C=O) groups excluding carboxylic acids is 4. The van der Waals surface area contributed by atoms with Crippen molar-refractivity contribution >= 4 is 39.5 Å². The van der Waals surface area contributed by atoms with E-state index in [1.807, 2.05) is 0 Å². The van der Waals surface area contributed by atoms with Gasteiger partial charge in [0.2, 0.25) is 0 Å². The number of aliphatic hydroxyl groups is 1. The Morgan fingerprint density at radius 1 is 0.281 bits per heavy atom. The summed E-state index contributed by atoms with van der Waals surface area (Å²) in [7, 11) is -9.91. The Hall–Kier alpha value is -1.94. The van der Waals surface area contributed by atoms with Crippen molar-refractivity contribution in [3.05, 3.63) is 0 Å². The van der Waals surface area contributed by atoms with Gasteiger partial charge in [0.1, 0.15) is 19.3 Å². The SMILES string of the molecule is CCCCCCCCCCCCCCCCCCC(=O)O[C@H](COC(=O)CCCCCCCCCCCCCCCCC)COP(=O)(O)OC[C@@H](O)COP(=O)(O)OC[C@@H](COC(=O)CCCCCCCCCCC(C)C)OC(=O)CCCCCCCCCCCCCCCC. The quantitative estimate of drug-likeness (QED) is 0.0222. The first-order chi connectivity index (χ1) is 46.5. The minimum absolute atomic E-state index is 0.108. The highest BCUT2D eigenvalue weighted by Gasteiger charge is 2.30. The number of ether oxygens (including phenoxy) is 4. The van der Waals surface area contributed by atoms with Crippen molar-refractivity contribution in [1.29, 1.82) is 0 Å². The van der Waals surface area contributed by atoms with Crippen LogP contribution in [0.5, 0.6) is 0 Å². The van der Waals surface area contributed by atoms with Crippen LogP contribution in [-0.2, 0) is 65.4 Å². The number of aliphatic hydroxyl groups excluding tert-OH is 1. The van der Waals surface area contributed by atoms with Gasteiger partial charge in [-0.25, -0.2) is 9.13 Å². The largest absolute Gasteiger partial charge is 0.472 e. The summed E-state index contributed by atoms with van der Waals surface area (Å²) in [5.41, 5.74) is 0. The molecule has 0 fully saturated rings. The summed E-state index contributed by atoms with van der Waals surface area (Å²) in [6.07, 6.45) is 59.5. The summed E-state index contributed by atoms with van der Waals surface area (Å²) in [6.45, 7) is 7.28. The highest BCUT2D eigenvalue weighted by Crippen LogP contribution is 2.45. The molecule has 5 atom stereocenters. The highest BCUT2D eigenvalue weighted by molar-refractivity contribution is 7.47. The number of phosphoric ester groups is 2. The van der Waals surface area contributed by atoms with E-state index in [2.05, 4.69) is 34.6 Å². The molecule has 0 aromatic carbocycles. The van der Waals surface area contributed by atoms with E-state index in [1.54, 1.807) is 0 Å².